The smallest absolute Gasteiger partial charge is 0.344 e. The van der Waals surface area contributed by atoms with Crippen molar-refractivity contribution in [3.8, 4) is 5.75 Å². The molecule has 10 nitrogen and oxygen atoms in total. The van der Waals surface area contributed by atoms with Crippen molar-refractivity contribution in [1.29, 1.82) is 0 Å². The predicted molar refractivity (Wildman–Crippen MR) is 105 cm³/mol. The van der Waals surface area contributed by atoms with E-state index in [-0.39, 0.29) is 23.4 Å². The summed E-state index contributed by atoms with van der Waals surface area (Å²) in [5.74, 6) is -1.76. The molecule has 10 heteroatoms. The number of esters is 1. The van der Waals surface area contributed by atoms with E-state index in [4.69, 9.17) is 9.47 Å². The number of amides is 2. The molecule has 1 aliphatic rings. The van der Waals surface area contributed by atoms with Gasteiger partial charge in [0.2, 0.25) is 0 Å². The third-order valence-corrected chi connectivity index (χ3v) is 4.09. The first-order valence-electron chi connectivity index (χ1n) is 9.15. The van der Waals surface area contributed by atoms with Crippen LogP contribution < -0.4 is 15.4 Å². The second kappa shape index (κ2) is 9.50. The van der Waals surface area contributed by atoms with Crippen LogP contribution in [0.3, 0.4) is 0 Å². The fourth-order valence-electron chi connectivity index (χ4n) is 2.49. The number of nitrogens with one attached hydrogen (secondary N) is 2. The summed E-state index contributed by atoms with van der Waals surface area (Å²) in [5, 5.41) is 16.3. The van der Waals surface area contributed by atoms with Crippen LogP contribution in [0, 0.1) is 10.1 Å². The Bertz CT molecular complexity index is 972. The molecule has 30 heavy (non-hydrogen) atoms. The Labute approximate surface area is 171 Å². The van der Waals surface area contributed by atoms with Crippen molar-refractivity contribution in [3.05, 3.63) is 64.2 Å². The van der Waals surface area contributed by atoms with Crippen molar-refractivity contribution >= 4 is 29.2 Å². The predicted octanol–water partition coefficient (Wildman–Crippen LogP) is 2.05. The van der Waals surface area contributed by atoms with Gasteiger partial charge >= 0.3 is 11.7 Å². The van der Waals surface area contributed by atoms with Crippen LogP contribution in [0.15, 0.2) is 48.5 Å². The van der Waals surface area contributed by atoms with Gasteiger partial charge in [0.1, 0.15) is 0 Å². The number of rotatable bonds is 9. The normalized spacial score (nSPS) is 12.5. The highest BCUT2D eigenvalue weighted by Gasteiger charge is 2.24. The Kier molecular flexibility index (Phi) is 6.58. The molecule has 156 valence electrons. The van der Waals surface area contributed by atoms with Gasteiger partial charge < -0.3 is 20.1 Å². The van der Waals surface area contributed by atoms with Gasteiger partial charge in [-0.05, 0) is 37.1 Å². The van der Waals surface area contributed by atoms with E-state index in [0.717, 1.165) is 12.8 Å². The SMILES string of the molecule is O=C(COC(=O)COc1ccccc1[N+](=O)[O-])Nc1cccc(C(=O)NC2CC2)c1. The summed E-state index contributed by atoms with van der Waals surface area (Å²) in [4.78, 5) is 46.1. The maximum atomic E-state index is 12.1. The molecular formula is C20H19N3O7. The summed E-state index contributed by atoms with van der Waals surface area (Å²) in [6, 6.07) is 12.2. The molecule has 1 aliphatic carbocycles. The Hall–Kier alpha value is -3.95. The molecule has 0 bridgehead atoms. The number of nitro benzene ring substituents is 1. The lowest BCUT2D eigenvalue weighted by Crippen LogP contribution is -2.26. The summed E-state index contributed by atoms with van der Waals surface area (Å²) in [5.41, 5.74) is 0.513. The van der Waals surface area contributed by atoms with Crippen molar-refractivity contribution < 1.29 is 28.8 Å². The van der Waals surface area contributed by atoms with Gasteiger partial charge in [-0.15, -0.1) is 0 Å². The van der Waals surface area contributed by atoms with Crippen LogP contribution in [-0.2, 0) is 14.3 Å². The van der Waals surface area contributed by atoms with Crippen LogP contribution in [0.25, 0.3) is 0 Å². The fraction of sp³-hybridized carbons (Fsp3) is 0.250. The zero-order chi connectivity index (χ0) is 21.5. The Balaban J connectivity index is 1.45. The van der Waals surface area contributed by atoms with Gasteiger partial charge in [0.05, 0.1) is 4.92 Å². The second-order valence-electron chi connectivity index (χ2n) is 6.55. The van der Waals surface area contributed by atoms with E-state index in [1.165, 1.54) is 30.3 Å². The monoisotopic (exact) mass is 413 g/mol. The fourth-order valence-corrected chi connectivity index (χ4v) is 2.49. The standard InChI is InChI=1S/C20H19N3O7/c24-18(21-15-5-3-4-13(10-15)20(26)22-14-8-9-14)11-30-19(25)12-29-17-7-2-1-6-16(17)23(27)28/h1-7,10,14H,8-9,11-12H2,(H,21,24)(H,22,26). The van der Waals surface area contributed by atoms with Crippen molar-refractivity contribution in [2.75, 3.05) is 18.5 Å². The first kappa shape index (κ1) is 20.8. The van der Waals surface area contributed by atoms with E-state index < -0.39 is 30.0 Å². The van der Waals surface area contributed by atoms with E-state index in [9.17, 15) is 24.5 Å². The van der Waals surface area contributed by atoms with Gasteiger partial charge in [-0.1, -0.05) is 18.2 Å². The highest BCUT2D eigenvalue weighted by atomic mass is 16.6. The minimum absolute atomic E-state index is 0.0785. The third-order valence-electron chi connectivity index (χ3n) is 4.09. The summed E-state index contributed by atoms with van der Waals surface area (Å²) < 4.78 is 9.91. The van der Waals surface area contributed by atoms with Crippen LogP contribution in [-0.4, -0.2) is 42.0 Å². The molecule has 2 aromatic carbocycles. The molecule has 1 fully saturated rings. The lowest BCUT2D eigenvalue weighted by molar-refractivity contribution is -0.385. The number of nitro groups is 1. The third kappa shape index (κ3) is 6.03. The van der Waals surface area contributed by atoms with Gasteiger partial charge in [0, 0.05) is 23.4 Å². The first-order chi connectivity index (χ1) is 14.4. The summed E-state index contributed by atoms with van der Waals surface area (Å²) in [6.45, 7) is -1.16. The molecular weight excluding hydrogens is 394 g/mol. The van der Waals surface area contributed by atoms with E-state index in [0.29, 0.717) is 11.3 Å². The summed E-state index contributed by atoms with van der Waals surface area (Å²) >= 11 is 0. The lowest BCUT2D eigenvalue weighted by atomic mass is 10.2. The Morgan fingerprint density at radius 3 is 2.57 bits per heavy atom. The minimum Gasteiger partial charge on any atom is -0.475 e. The van der Waals surface area contributed by atoms with E-state index in [1.807, 2.05) is 0 Å². The zero-order valence-electron chi connectivity index (χ0n) is 15.8. The molecule has 3 rings (SSSR count). The molecule has 1 saturated carbocycles. The minimum atomic E-state index is -0.860. The Morgan fingerprint density at radius 2 is 1.83 bits per heavy atom. The molecule has 2 N–H and O–H groups in total. The van der Waals surface area contributed by atoms with Crippen molar-refractivity contribution in [3.63, 3.8) is 0 Å². The number of carbonyl (C=O) groups is 3. The van der Waals surface area contributed by atoms with E-state index in [1.54, 1.807) is 18.2 Å². The second-order valence-corrected chi connectivity index (χ2v) is 6.55. The van der Waals surface area contributed by atoms with Crippen molar-refractivity contribution in [1.82, 2.24) is 5.32 Å². The summed E-state index contributed by atoms with van der Waals surface area (Å²) in [6.07, 6.45) is 1.93. The molecule has 0 spiro atoms. The number of carbonyl (C=O) groups excluding carboxylic acids is 3. The zero-order valence-corrected chi connectivity index (χ0v) is 15.8. The maximum Gasteiger partial charge on any atom is 0.344 e. The number of para-hydroxylation sites is 2. The maximum absolute atomic E-state index is 12.1. The Morgan fingerprint density at radius 1 is 1.07 bits per heavy atom. The average Bonchev–Trinajstić information content (AvgIpc) is 3.55. The van der Waals surface area contributed by atoms with Crippen LogP contribution >= 0.6 is 0 Å². The van der Waals surface area contributed by atoms with E-state index in [2.05, 4.69) is 10.6 Å². The highest BCUT2D eigenvalue weighted by molar-refractivity contribution is 5.98. The largest absolute Gasteiger partial charge is 0.475 e. The van der Waals surface area contributed by atoms with Gasteiger partial charge in [-0.3, -0.25) is 19.7 Å². The topological polar surface area (TPSA) is 137 Å². The molecule has 0 aromatic heterocycles. The summed E-state index contributed by atoms with van der Waals surface area (Å²) in [7, 11) is 0. The van der Waals surface area contributed by atoms with Gasteiger partial charge in [-0.25, -0.2) is 4.79 Å². The quantitative estimate of drug-likeness (QED) is 0.365. The van der Waals surface area contributed by atoms with Crippen LogP contribution in [0.1, 0.15) is 23.2 Å². The van der Waals surface area contributed by atoms with Crippen molar-refractivity contribution in [2.45, 2.75) is 18.9 Å². The molecule has 0 aliphatic heterocycles. The van der Waals surface area contributed by atoms with Crippen LogP contribution in [0.4, 0.5) is 11.4 Å². The first-order valence-corrected chi connectivity index (χ1v) is 9.15. The van der Waals surface area contributed by atoms with E-state index >= 15 is 0 Å². The number of hydrogen-bond acceptors (Lipinski definition) is 7. The number of ether oxygens (including phenoxy) is 2. The molecule has 0 unspecified atom stereocenters. The molecule has 0 saturated heterocycles. The van der Waals surface area contributed by atoms with Crippen LogP contribution in [0.2, 0.25) is 0 Å². The van der Waals surface area contributed by atoms with Crippen LogP contribution in [0.5, 0.6) is 5.75 Å². The number of nitrogens with zero attached hydrogens (tertiary/aromatic N) is 1. The molecule has 2 amide bonds. The molecule has 2 aromatic rings. The number of hydrogen-bond donors (Lipinski definition) is 2. The molecule has 0 heterocycles. The lowest BCUT2D eigenvalue weighted by Gasteiger charge is -2.09. The van der Waals surface area contributed by atoms with Gasteiger partial charge in [0.25, 0.3) is 11.8 Å². The van der Waals surface area contributed by atoms with Gasteiger partial charge in [0.15, 0.2) is 19.0 Å². The van der Waals surface area contributed by atoms with Crippen molar-refractivity contribution in [2.24, 2.45) is 0 Å². The average molecular weight is 413 g/mol. The number of benzene rings is 2. The highest BCUT2D eigenvalue weighted by Crippen LogP contribution is 2.25. The number of anilines is 1. The van der Waals surface area contributed by atoms with Gasteiger partial charge in [-0.2, -0.15) is 0 Å². The molecule has 0 radical (unpaired) electrons. The molecule has 0 atom stereocenters.